The first-order valence-electron chi connectivity index (χ1n) is 12.5. The van der Waals surface area contributed by atoms with Crippen molar-refractivity contribution in [3.8, 4) is 5.75 Å². The van der Waals surface area contributed by atoms with E-state index in [1.54, 1.807) is 12.1 Å². The van der Waals surface area contributed by atoms with Crippen LogP contribution in [-0.4, -0.2) is 66.3 Å². The van der Waals surface area contributed by atoms with Gasteiger partial charge in [-0.15, -0.1) is 0 Å². The van der Waals surface area contributed by atoms with Crippen molar-refractivity contribution in [3.05, 3.63) is 96.1 Å². The van der Waals surface area contributed by atoms with Crippen LogP contribution in [0.1, 0.15) is 25.0 Å². The number of methoxy groups -OCH3 is 1. The third kappa shape index (κ3) is 7.80. The summed E-state index contributed by atoms with van der Waals surface area (Å²) in [5.41, 5.74) is 1.61. The number of hydrogen-bond donors (Lipinski definition) is 2. The van der Waals surface area contributed by atoms with Crippen LogP contribution in [0.25, 0.3) is 0 Å². The molecule has 3 aromatic rings. The zero-order chi connectivity index (χ0) is 27.7. The van der Waals surface area contributed by atoms with Gasteiger partial charge in [-0.2, -0.15) is 4.31 Å². The van der Waals surface area contributed by atoms with Gasteiger partial charge in [0.15, 0.2) is 0 Å². The second kappa shape index (κ2) is 13.4. The molecular formula is C29H36N2O6S. The summed E-state index contributed by atoms with van der Waals surface area (Å²) in [6, 6.07) is 23.6. The molecule has 0 heterocycles. The van der Waals surface area contributed by atoms with Crippen LogP contribution in [0.5, 0.6) is 5.75 Å². The fourth-order valence-electron chi connectivity index (χ4n) is 4.32. The molecule has 0 radical (unpaired) electrons. The van der Waals surface area contributed by atoms with E-state index >= 15 is 0 Å². The van der Waals surface area contributed by atoms with E-state index in [9.17, 15) is 23.4 Å². The Kier molecular flexibility index (Phi) is 10.3. The van der Waals surface area contributed by atoms with E-state index in [1.807, 2.05) is 74.5 Å². The molecule has 0 spiro atoms. The molecule has 0 aliphatic rings. The van der Waals surface area contributed by atoms with Gasteiger partial charge < -0.3 is 14.9 Å². The monoisotopic (exact) mass is 540 g/mol. The molecule has 0 saturated carbocycles. The van der Waals surface area contributed by atoms with Crippen LogP contribution in [-0.2, 0) is 23.0 Å². The Labute approximate surface area is 225 Å². The number of nitrogens with zero attached hydrogens (tertiary/aromatic N) is 2. The Morgan fingerprint density at radius 1 is 0.868 bits per heavy atom. The van der Waals surface area contributed by atoms with E-state index in [-0.39, 0.29) is 36.9 Å². The third-order valence-electron chi connectivity index (χ3n) is 6.23. The fraction of sp³-hybridized carbons (Fsp3) is 0.345. The van der Waals surface area contributed by atoms with E-state index in [4.69, 9.17) is 4.74 Å². The van der Waals surface area contributed by atoms with Crippen molar-refractivity contribution in [1.29, 1.82) is 0 Å². The minimum atomic E-state index is -3.98. The van der Waals surface area contributed by atoms with Gasteiger partial charge in [-0.3, -0.25) is 4.90 Å². The molecule has 0 unspecified atom stereocenters. The number of benzene rings is 3. The van der Waals surface area contributed by atoms with Crippen molar-refractivity contribution in [2.24, 2.45) is 5.92 Å². The van der Waals surface area contributed by atoms with Gasteiger partial charge in [-0.05, 0) is 47.7 Å². The molecule has 2 atom stereocenters. The van der Waals surface area contributed by atoms with E-state index < -0.39 is 28.3 Å². The number of carbonyl (C=O) groups is 1. The maximum atomic E-state index is 13.6. The highest BCUT2D eigenvalue weighted by Gasteiger charge is 2.35. The van der Waals surface area contributed by atoms with Crippen LogP contribution in [0, 0.1) is 5.92 Å². The van der Waals surface area contributed by atoms with Crippen LogP contribution < -0.4 is 4.74 Å². The number of amides is 1. The van der Waals surface area contributed by atoms with Crippen LogP contribution in [0.2, 0.25) is 0 Å². The molecule has 3 rings (SSSR count). The highest BCUT2D eigenvalue weighted by molar-refractivity contribution is 7.89. The molecule has 204 valence electrons. The molecule has 0 bridgehead atoms. The predicted octanol–water partition coefficient (Wildman–Crippen LogP) is 4.49. The summed E-state index contributed by atoms with van der Waals surface area (Å²) in [7, 11) is -2.47. The summed E-state index contributed by atoms with van der Waals surface area (Å²) in [6.07, 6.45) is -2.26. The molecule has 1 amide bonds. The SMILES string of the molecule is COc1ccc(S(=O)(=O)N(CC(C)C)C[C@@H](O)[C@H](Cc2ccccc2)N(Cc2ccccc2)C(=O)O)cc1. The molecule has 9 heteroatoms. The van der Waals surface area contributed by atoms with Gasteiger partial charge in [-0.25, -0.2) is 13.2 Å². The minimum absolute atomic E-state index is 0.0253. The van der Waals surface area contributed by atoms with Gasteiger partial charge in [0.1, 0.15) is 5.75 Å². The van der Waals surface area contributed by atoms with Crippen molar-refractivity contribution >= 4 is 16.1 Å². The lowest BCUT2D eigenvalue weighted by atomic mass is 9.98. The summed E-state index contributed by atoms with van der Waals surface area (Å²) in [5, 5.41) is 21.7. The maximum absolute atomic E-state index is 13.6. The van der Waals surface area contributed by atoms with Crippen molar-refractivity contribution < 1.29 is 28.2 Å². The standard InChI is InChI=1S/C29H36N2O6S/c1-22(2)19-30(38(35,36)26-16-14-25(37-3)15-17-26)21-28(32)27(18-23-10-6-4-7-11-23)31(29(33)34)20-24-12-8-5-9-13-24/h4-17,22,27-28,32H,18-21H2,1-3H3,(H,33,34)/t27-,28+/m0/s1. The summed E-state index contributed by atoms with van der Waals surface area (Å²) < 4.78 is 33.6. The number of hydrogen-bond acceptors (Lipinski definition) is 5. The third-order valence-corrected chi connectivity index (χ3v) is 8.08. The first-order chi connectivity index (χ1) is 18.1. The highest BCUT2D eigenvalue weighted by atomic mass is 32.2. The largest absolute Gasteiger partial charge is 0.497 e. The van der Waals surface area contributed by atoms with Gasteiger partial charge in [0.05, 0.1) is 24.2 Å². The van der Waals surface area contributed by atoms with Crippen LogP contribution >= 0.6 is 0 Å². The average molecular weight is 541 g/mol. The summed E-state index contributed by atoms with van der Waals surface area (Å²) >= 11 is 0. The summed E-state index contributed by atoms with van der Waals surface area (Å²) in [4.78, 5) is 13.7. The molecule has 8 nitrogen and oxygen atoms in total. The van der Waals surface area contributed by atoms with E-state index in [0.29, 0.717) is 5.75 Å². The summed E-state index contributed by atoms with van der Waals surface area (Å²) in [5.74, 6) is 0.503. The lowest BCUT2D eigenvalue weighted by Gasteiger charge is -2.36. The first kappa shape index (κ1) is 29.2. The smallest absolute Gasteiger partial charge is 0.407 e. The second-order valence-corrected chi connectivity index (χ2v) is 11.5. The van der Waals surface area contributed by atoms with E-state index in [1.165, 1.54) is 28.4 Å². The molecule has 0 aliphatic heterocycles. The Morgan fingerprint density at radius 2 is 1.42 bits per heavy atom. The van der Waals surface area contributed by atoms with Gasteiger partial charge in [0.25, 0.3) is 0 Å². The molecule has 3 aromatic carbocycles. The number of sulfonamides is 1. The van der Waals surface area contributed by atoms with E-state index in [0.717, 1.165) is 11.1 Å². The Balaban J connectivity index is 1.96. The van der Waals surface area contributed by atoms with Crippen LogP contribution in [0.3, 0.4) is 0 Å². The van der Waals surface area contributed by atoms with Crippen molar-refractivity contribution in [2.75, 3.05) is 20.2 Å². The van der Waals surface area contributed by atoms with Gasteiger partial charge >= 0.3 is 6.09 Å². The van der Waals surface area contributed by atoms with Crippen molar-refractivity contribution in [3.63, 3.8) is 0 Å². The predicted molar refractivity (Wildman–Crippen MR) is 147 cm³/mol. The summed E-state index contributed by atoms with van der Waals surface area (Å²) in [6.45, 7) is 3.74. The quantitative estimate of drug-likeness (QED) is 0.331. The average Bonchev–Trinajstić information content (AvgIpc) is 2.91. The molecule has 0 saturated heterocycles. The number of ether oxygens (including phenoxy) is 1. The second-order valence-electron chi connectivity index (χ2n) is 9.61. The van der Waals surface area contributed by atoms with Crippen LogP contribution in [0.4, 0.5) is 4.79 Å². The van der Waals surface area contributed by atoms with Crippen molar-refractivity contribution in [2.45, 2.75) is 43.9 Å². The minimum Gasteiger partial charge on any atom is -0.497 e. The highest BCUT2D eigenvalue weighted by Crippen LogP contribution is 2.23. The zero-order valence-corrected chi connectivity index (χ0v) is 22.8. The molecular weight excluding hydrogens is 504 g/mol. The topological polar surface area (TPSA) is 107 Å². The van der Waals surface area contributed by atoms with E-state index in [2.05, 4.69) is 0 Å². The molecule has 2 N–H and O–H groups in total. The lowest BCUT2D eigenvalue weighted by Crippen LogP contribution is -2.52. The number of aliphatic hydroxyl groups is 1. The van der Waals surface area contributed by atoms with Crippen molar-refractivity contribution in [1.82, 2.24) is 9.21 Å². The Morgan fingerprint density at radius 3 is 1.92 bits per heavy atom. The normalized spacial score (nSPS) is 13.3. The number of aliphatic hydroxyl groups excluding tert-OH is 1. The molecule has 0 aromatic heterocycles. The van der Waals surface area contributed by atoms with Crippen LogP contribution in [0.15, 0.2) is 89.8 Å². The maximum Gasteiger partial charge on any atom is 0.407 e. The lowest BCUT2D eigenvalue weighted by molar-refractivity contribution is 0.0337. The number of rotatable bonds is 13. The van der Waals surface area contributed by atoms with Gasteiger partial charge in [-0.1, -0.05) is 74.5 Å². The molecule has 0 aliphatic carbocycles. The van der Waals surface area contributed by atoms with Gasteiger partial charge in [0, 0.05) is 19.6 Å². The Hall–Kier alpha value is -3.40. The zero-order valence-electron chi connectivity index (χ0n) is 22.0. The number of carboxylic acid groups (broad SMARTS) is 1. The van der Waals surface area contributed by atoms with Gasteiger partial charge in [0.2, 0.25) is 10.0 Å². The molecule has 38 heavy (non-hydrogen) atoms. The molecule has 0 fully saturated rings. The Bertz CT molecular complexity index is 1250. The first-order valence-corrected chi connectivity index (χ1v) is 14.0. The fourth-order valence-corrected chi connectivity index (χ4v) is 5.94.